The van der Waals surface area contributed by atoms with E-state index in [-0.39, 0.29) is 17.9 Å². The molecule has 0 radical (unpaired) electrons. The molecule has 0 bridgehead atoms. The molecule has 1 fully saturated rings. The van der Waals surface area contributed by atoms with Gasteiger partial charge >= 0.3 is 0 Å². The van der Waals surface area contributed by atoms with Gasteiger partial charge in [0.05, 0.1) is 11.2 Å². The Morgan fingerprint density at radius 2 is 2.04 bits per heavy atom. The van der Waals surface area contributed by atoms with Crippen LogP contribution >= 0.6 is 11.3 Å². The van der Waals surface area contributed by atoms with Gasteiger partial charge in [-0.1, -0.05) is 12.8 Å². The maximum Gasteiger partial charge on any atom is 0.224 e. The van der Waals surface area contributed by atoms with E-state index >= 15 is 0 Å². The molecule has 3 aromatic rings. The van der Waals surface area contributed by atoms with Crippen molar-refractivity contribution in [2.75, 3.05) is 10.6 Å². The molecule has 2 heterocycles. The Morgan fingerprint density at radius 1 is 1.15 bits per heavy atom. The smallest absolute Gasteiger partial charge is 0.224 e. The molecular weight excluding hydrogens is 363 g/mol. The molecule has 2 atom stereocenters. The van der Waals surface area contributed by atoms with Crippen molar-refractivity contribution in [2.45, 2.75) is 37.8 Å². The third kappa shape index (κ3) is 4.23. The average Bonchev–Trinajstić information content (AvgIpc) is 3.18. The zero-order valence-corrected chi connectivity index (χ0v) is 15.5. The Labute approximate surface area is 161 Å². The van der Waals surface area contributed by atoms with Gasteiger partial charge in [-0.25, -0.2) is 14.4 Å². The van der Waals surface area contributed by atoms with Gasteiger partial charge in [-0.05, 0) is 37.1 Å². The van der Waals surface area contributed by atoms with Crippen LogP contribution in [0.1, 0.15) is 25.7 Å². The second kappa shape index (κ2) is 7.98. The molecule has 1 aliphatic rings. The largest absolute Gasteiger partial charge is 0.350 e. The van der Waals surface area contributed by atoms with Crippen LogP contribution in [0.25, 0.3) is 11.3 Å². The van der Waals surface area contributed by atoms with Gasteiger partial charge < -0.3 is 16.4 Å². The minimum Gasteiger partial charge on any atom is -0.350 e. The van der Waals surface area contributed by atoms with E-state index in [1.807, 2.05) is 11.4 Å². The maximum atomic E-state index is 14.4. The number of thiazole rings is 1. The highest BCUT2D eigenvalue weighted by molar-refractivity contribution is 7.07. The number of benzene rings is 1. The fraction of sp³-hybridized carbons (Fsp3) is 0.316. The van der Waals surface area contributed by atoms with Crippen LogP contribution in [0.15, 0.2) is 41.4 Å². The standard InChI is InChI=1S/C19H21FN6S/c20-14-9-12(5-6-13(14)17-10-27-11-23-17)24-18-7-8-22-19(26-18)25-16-4-2-1-3-15(16)21/h5-11,15-16H,1-4,21H2,(H2,22,24,25,26)/t15-,16+/m0/s1. The van der Waals surface area contributed by atoms with Crippen LogP contribution in [-0.4, -0.2) is 27.0 Å². The molecule has 140 valence electrons. The summed E-state index contributed by atoms with van der Waals surface area (Å²) in [6, 6.07) is 7.02. The fourth-order valence-corrected chi connectivity index (χ4v) is 3.85. The molecule has 0 spiro atoms. The van der Waals surface area contributed by atoms with E-state index in [0.29, 0.717) is 28.7 Å². The molecule has 0 amide bonds. The van der Waals surface area contributed by atoms with Crippen molar-refractivity contribution in [1.82, 2.24) is 15.0 Å². The van der Waals surface area contributed by atoms with Crippen molar-refractivity contribution in [1.29, 1.82) is 0 Å². The number of hydrogen-bond donors (Lipinski definition) is 3. The van der Waals surface area contributed by atoms with E-state index in [0.717, 1.165) is 19.3 Å². The van der Waals surface area contributed by atoms with Gasteiger partial charge in [-0.15, -0.1) is 11.3 Å². The summed E-state index contributed by atoms with van der Waals surface area (Å²) >= 11 is 1.44. The van der Waals surface area contributed by atoms with Crippen LogP contribution in [0.3, 0.4) is 0 Å². The quantitative estimate of drug-likeness (QED) is 0.612. The molecule has 4 rings (SSSR count). The number of halogens is 1. The predicted octanol–water partition coefficient (Wildman–Crippen LogP) is 4.16. The van der Waals surface area contributed by atoms with Gasteiger partial charge in [0.2, 0.25) is 5.95 Å². The van der Waals surface area contributed by atoms with Crippen LogP contribution in [0.4, 0.5) is 21.8 Å². The Kier molecular flexibility index (Phi) is 5.26. The third-order valence-corrected chi connectivity index (χ3v) is 5.33. The van der Waals surface area contributed by atoms with Gasteiger partial charge in [0.1, 0.15) is 11.6 Å². The summed E-state index contributed by atoms with van der Waals surface area (Å²) in [5.74, 6) is 0.797. The Hall–Kier alpha value is -2.58. The molecule has 8 heteroatoms. The second-order valence-corrected chi connectivity index (χ2v) is 7.38. The van der Waals surface area contributed by atoms with E-state index in [9.17, 15) is 4.39 Å². The number of hydrogen-bond acceptors (Lipinski definition) is 7. The van der Waals surface area contributed by atoms with Crippen molar-refractivity contribution < 1.29 is 4.39 Å². The molecule has 0 unspecified atom stereocenters. The number of nitrogens with zero attached hydrogens (tertiary/aromatic N) is 3. The molecular formula is C19H21FN6S. The van der Waals surface area contributed by atoms with Crippen molar-refractivity contribution in [2.24, 2.45) is 5.73 Å². The Bertz CT molecular complexity index is 901. The fourth-order valence-electron chi connectivity index (χ4n) is 3.30. The third-order valence-electron chi connectivity index (χ3n) is 4.74. The Morgan fingerprint density at radius 3 is 2.81 bits per heavy atom. The summed E-state index contributed by atoms with van der Waals surface area (Å²) in [5.41, 5.74) is 9.61. The van der Waals surface area contributed by atoms with E-state index < -0.39 is 0 Å². The molecule has 1 aliphatic carbocycles. The molecule has 1 aromatic carbocycles. The van der Waals surface area contributed by atoms with Crippen LogP contribution in [-0.2, 0) is 0 Å². The number of aromatic nitrogens is 3. The second-order valence-electron chi connectivity index (χ2n) is 6.66. The molecule has 0 saturated heterocycles. The van der Waals surface area contributed by atoms with Crippen LogP contribution in [0.2, 0.25) is 0 Å². The van der Waals surface area contributed by atoms with Gasteiger partial charge in [0, 0.05) is 34.9 Å². The normalized spacial score (nSPS) is 19.6. The average molecular weight is 384 g/mol. The first kappa shape index (κ1) is 17.8. The van der Waals surface area contributed by atoms with Gasteiger partial charge in [0.15, 0.2) is 0 Å². The first-order valence-corrected chi connectivity index (χ1v) is 9.93. The monoisotopic (exact) mass is 384 g/mol. The van der Waals surface area contributed by atoms with Crippen molar-refractivity contribution in [3.05, 3.63) is 47.2 Å². The molecule has 6 nitrogen and oxygen atoms in total. The number of nitrogens with two attached hydrogens (primary N) is 1. The van der Waals surface area contributed by atoms with E-state index in [2.05, 4.69) is 25.6 Å². The van der Waals surface area contributed by atoms with E-state index in [4.69, 9.17) is 5.73 Å². The lowest BCUT2D eigenvalue weighted by molar-refractivity contribution is 0.402. The summed E-state index contributed by atoms with van der Waals surface area (Å²) in [5, 5.41) is 8.28. The van der Waals surface area contributed by atoms with Crippen LogP contribution in [0, 0.1) is 5.82 Å². The minimum absolute atomic E-state index is 0.117. The highest BCUT2D eigenvalue weighted by Gasteiger charge is 2.22. The topological polar surface area (TPSA) is 88.8 Å². The van der Waals surface area contributed by atoms with Crippen molar-refractivity contribution in [3.8, 4) is 11.3 Å². The predicted molar refractivity (Wildman–Crippen MR) is 107 cm³/mol. The number of anilines is 3. The molecule has 27 heavy (non-hydrogen) atoms. The first-order chi connectivity index (χ1) is 13.2. The highest BCUT2D eigenvalue weighted by atomic mass is 32.1. The zero-order chi connectivity index (χ0) is 18.6. The zero-order valence-electron chi connectivity index (χ0n) is 14.7. The highest BCUT2D eigenvalue weighted by Crippen LogP contribution is 2.26. The molecule has 4 N–H and O–H groups in total. The van der Waals surface area contributed by atoms with Crippen LogP contribution in [0.5, 0.6) is 0 Å². The van der Waals surface area contributed by atoms with Gasteiger partial charge in [0.25, 0.3) is 0 Å². The number of rotatable bonds is 5. The molecule has 2 aromatic heterocycles. The Balaban J connectivity index is 1.47. The lowest BCUT2D eigenvalue weighted by atomic mass is 9.91. The minimum atomic E-state index is -0.327. The van der Waals surface area contributed by atoms with E-state index in [1.165, 1.54) is 23.8 Å². The SMILES string of the molecule is N[C@H]1CCCC[C@H]1Nc1nccc(Nc2ccc(-c3cscn3)c(F)c2)n1. The lowest BCUT2D eigenvalue weighted by Crippen LogP contribution is -2.42. The number of nitrogens with one attached hydrogen (secondary N) is 2. The first-order valence-electron chi connectivity index (χ1n) is 8.99. The van der Waals surface area contributed by atoms with Crippen molar-refractivity contribution >= 4 is 28.8 Å². The molecule has 1 saturated carbocycles. The maximum absolute atomic E-state index is 14.4. The summed E-state index contributed by atoms with van der Waals surface area (Å²) in [4.78, 5) is 12.9. The van der Waals surface area contributed by atoms with Crippen LogP contribution < -0.4 is 16.4 Å². The van der Waals surface area contributed by atoms with Gasteiger partial charge in [-0.2, -0.15) is 4.98 Å². The molecule has 0 aliphatic heterocycles. The lowest BCUT2D eigenvalue weighted by Gasteiger charge is -2.29. The van der Waals surface area contributed by atoms with E-state index in [1.54, 1.807) is 23.8 Å². The summed E-state index contributed by atoms with van der Waals surface area (Å²) < 4.78 is 14.4. The summed E-state index contributed by atoms with van der Waals surface area (Å²) in [7, 11) is 0. The van der Waals surface area contributed by atoms with Crippen molar-refractivity contribution in [3.63, 3.8) is 0 Å². The van der Waals surface area contributed by atoms with Gasteiger partial charge in [-0.3, -0.25) is 0 Å². The summed E-state index contributed by atoms with van der Waals surface area (Å²) in [6.07, 6.45) is 6.04. The summed E-state index contributed by atoms with van der Waals surface area (Å²) in [6.45, 7) is 0.